The Balaban J connectivity index is 2.08. The van der Waals surface area contributed by atoms with E-state index in [1.807, 2.05) is 51.1 Å². The fourth-order valence-electron chi connectivity index (χ4n) is 3.13. The smallest absolute Gasteiger partial charge is 0.0138 e. The molecular formula is C10H14S5. The molecule has 3 rings (SSSR count). The summed E-state index contributed by atoms with van der Waals surface area (Å²) in [6.45, 7) is 7.44. The van der Waals surface area contributed by atoms with Crippen LogP contribution < -0.4 is 0 Å². The highest BCUT2D eigenvalue weighted by Gasteiger charge is 2.61. The largest absolute Gasteiger partial charge is 0.0584 e. The molecule has 2 aliphatic carbocycles. The summed E-state index contributed by atoms with van der Waals surface area (Å²) in [7, 11) is 9.89. The lowest BCUT2D eigenvalue weighted by Crippen LogP contribution is -2.29. The molecule has 3 aliphatic rings. The predicted octanol–water partition coefficient (Wildman–Crippen LogP) is 5.99. The van der Waals surface area contributed by atoms with E-state index in [2.05, 4.69) is 20.8 Å². The van der Waals surface area contributed by atoms with Gasteiger partial charge in [-0.1, -0.05) is 20.8 Å². The molecule has 0 nitrogen and oxygen atoms in total. The van der Waals surface area contributed by atoms with E-state index >= 15 is 0 Å². The lowest BCUT2D eigenvalue weighted by atomic mass is 9.70. The Labute approximate surface area is 111 Å². The molecule has 0 unspecified atom stereocenters. The van der Waals surface area contributed by atoms with Gasteiger partial charge in [0.15, 0.2) is 0 Å². The van der Waals surface area contributed by atoms with Crippen molar-refractivity contribution < 1.29 is 0 Å². The first-order chi connectivity index (χ1) is 7.07. The van der Waals surface area contributed by atoms with Crippen LogP contribution in [0, 0.1) is 16.7 Å². The molecule has 5 heteroatoms. The van der Waals surface area contributed by atoms with Crippen LogP contribution in [-0.2, 0) is 0 Å². The molecule has 15 heavy (non-hydrogen) atoms. The van der Waals surface area contributed by atoms with Gasteiger partial charge in [0.1, 0.15) is 0 Å². The zero-order valence-corrected chi connectivity index (χ0v) is 13.1. The van der Waals surface area contributed by atoms with Crippen molar-refractivity contribution in [2.45, 2.75) is 33.6 Å². The third-order valence-corrected chi connectivity index (χ3v) is 13.5. The number of hydrogen-bond acceptors (Lipinski definition) is 5. The Kier molecular flexibility index (Phi) is 2.89. The maximum Gasteiger partial charge on any atom is 0.0138 e. The first-order valence-corrected chi connectivity index (χ1v) is 11.3. The van der Waals surface area contributed by atoms with Crippen LogP contribution in [0.25, 0.3) is 0 Å². The SMILES string of the molecule is CC1(C)[C@@H]2CC[C@@]1(C)C1=C2SSSSS1. The molecule has 1 aliphatic heterocycles. The molecular weight excluding hydrogens is 280 g/mol. The van der Waals surface area contributed by atoms with Crippen molar-refractivity contribution in [3.63, 3.8) is 0 Å². The van der Waals surface area contributed by atoms with Gasteiger partial charge in [0.05, 0.1) is 0 Å². The van der Waals surface area contributed by atoms with Crippen molar-refractivity contribution >= 4 is 51.1 Å². The molecule has 1 fully saturated rings. The Morgan fingerprint density at radius 2 is 1.80 bits per heavy atom. The third kappa shape index (κ3) is 1.42. The van der Waals surface area contributed by atoms with Gasteiger partial charge in [-0.3, -0.25) is 0 Å². The second-order valence-corrected chi connectivity index (χ2v) is 12.7. The van der Waals surface area contributed by atoms with Gasteiger partial charge in [0.25, 0.3) is 0 Å². The number of hydrogen-bond donors (Lipinski definition) is 0. The van der Waals surface area contributed by atoms with Gasteiger partial charge in [0.2, 0.25) is 0 Å². The lowest BCUT2D eigenvalue weighted by Gasteiger charge is -2.36. The molecule has 1 heterocycles. The monoisotopic (exact) mass is 294 g/mol. The molecule has 2 bridgehead atoms. The van der Waals surface area contributed by atoms with Gasteiger partial charge in [-0.15, -0.1) is 0 Å². The van der Waals surface area contributed by atoms with Crippen molar-refractivity contribution in [1.29, 1.82) is 0 Å². The topological polar surface area (TPSA) is 0 Å². The maximum absolute atomic E-state index is 2.49. The molecule has 0 aromatic rings. The van der Waals surface area contributed by atoms with Gasteiger partial charge < -0.3 is 0 Å². The van der Waals surface area contributed by atoms with E-state index in [1.165, 1.54) is 12.8 Å². The Bertz CT molecular complexity index is 335. The summed E-state index contributed by atoms with van der Waals surface area (Å²) in [5.41, 5.74) is 0.948. The summed E-state index contributed by atoms with van der Waals surface area (Å²) in [5, 5.41) is 0. The fraction of sp³-hybridized carbons (Fsp3) is 0.800. The van der Waals surface area contributed by atoms with Crippen LogP contribution >= 0.6 is 51.1 Å². The Morgan fingerprint density at radius 1 is 1.07 bits per heavy atom. The average molecular weight is 295 g/mol. The van der Waals surface area contributed by atoms with E-state index in [0.29, 0.717) is 10.8 Å². The number of rotatable bonds is 0. The molecule has 2 atom stereocenters. The second-order valence-electron chi connectivity index (χ2n) is 5.21. The van der Waals surface area contributed by atoms with Crippen molar-refractivity contribution in [2.24, 2.45) is 16.7 Å². The number of allylic oxidation sites excluding steroid dienone is 2. The third-order valence-electron chi connectivity index (χ3n) is 4.56. The summed E-state index contributed by atoms with van der Waals surface area (Å²) < 4.78 is 0. The lowest BCUT2D eigenvalue weighted by molar-refractivity contribution is 0.178. The van der Waals surface area contributed by atoms with Gasteiger partial charge in [-0.25, -0.2) is 0 Å². The minimum atomic E-state index is 0.461. The van der Waals surface area contributed by atoms with Gasteiger partial charge in [-0.05, 0) is 75.2 Å². The quantitative estimate of drug-likeness (QED) is 0.501. The van der Waals surface area contributed by atoms with Crippen LogP contribution in [0.5, 0.6) is 0 Å². The molecule has 0 saturated heterocycles. The minimum Gasteiger partial charge on any atom is -0.0584 e. The first kappa shape index (κ1) is 11.6. The minimum absolute atomic E-state index is 0.461. The zero-order chi connectivity index (χ0) is 10.7. The van der Waals surface area contributed by atoms with Crippen LogP contribution in [0.1, 0.15) is 33.6 Å². The normalized spacial score (nSPS) is 43.0. The average Bonchev–Trinajstić information content (AvgIpc) is 2.49. The summed E-state index contributed by atoms with van der Waals surface area (Å²) in [6, 6.07) is 0. The van der Waals surface area contributed by atoms with Gasteiger partial charge in [-0.2, -0.15) is 0 Å². The van der Waals surface area contributed by atoms with E-state index in [4.69, 9.17) is 0 Å². The highest BCUT2D eigenvalue weighted by Crippen LogP contribution is 2.77. The highest BCUT2D eigenvalue weighted by molar-refractivity contribution is 9.36. The summed E-state index contributed by atoms with van der Waals surface area (Å²) in [4.78, 5) is 3.41. The van der Waals surface area contributed by atoms with Crippen LogP contribution in [0.4, 0.5) is 0 Å². The van der Waals surface area contributed by atoms with Crippen LogP contribution in [0.15, 0.2) is 9.81 Å². The zero-order valence-electron chi connectivity index (χ0n) is 9.03. The molecule has 0 aromatic carbocycles. The fourth-order valence-corrected chi connectivity index (χ4v) is 13.5. The molecule has 0 radical (unpaired) electrons. The maximum atomic E-state index is 2.49. The molecule has 0 N–H and O–H groups in total. The molecule has 0 amide bonds. The molecule has 84 valence electrons. The van der Waals surface area contributed by atoms with E-state index in [1.54, 1.807) is 9.81 Å². The van der Waals surface area contributed by atoms with Crippen molar-refractivity contribution in [1.82, 2.24) is 0 Å². The van der Waals surface area contributed by atoms with E-state index in [0.717, 1.165) is 5.92 Å². The summed E-state index contributed by atoms with van der Waals surface area (Å²) in [6.07, 6.45) is 2.80. The van der Waals surface area contributed by atoms with Crippen molar-refractivity contribution in [3.8, 4) is 0 Å². The number of fused-ring (bicyclic) bond motifs is 4. The van der Waals surface area contributed by atoms with Crippen molar-refractivity contribution in [2.75, 3.05) is 0 Å². The van der Waals surface area contributed by atoms with E-state index in [-0.39, 0.29) is 0 Å². The first-order valence-electron chi connectivity index (χ1n) is 5.16. The van der Waals surface area contributed by atoms with Crippen LogP contribution in [0.3, 0.4) is 0 Å². The van der Waals surface area contributed by atoms with E-state index in [9.17, 15) is 0 Å². The van der Waals surface area contributed by atoms with Gasteiger partial charge in [0, 0.05) is 15.2 Å². The summed E-state index contributed by atoms with van der Waals surface area (Å²) in [5.74, 6) is 0.835. The highest BCUT2D eigenvalue weighted by atomic mass is 33.8. The van der Waals surface area contributed by atoms with Crippen LogP contribution in [-0.4, -0.2) is 0 Å². The summed E-state index contributed by atoms with van der Waals surface area (Å²) >= 11 is 0. The molecule has 1 saturated carbocycles. The second kappa shape index (κ2) is 3.74. The Morgan fingerprint density at radius 3 is 2.60 bits per heavy atom. The molecule has 0 aromatic heterocycles. The van der Waals surface area contributed by atoms with Gasteiger partial charge >= 0.3 is 0 Å². The van der Waals surface area contributed by atoms with Crippen molar-refractivity contribution in [3.05, 3.63) is 9.81 Å². The Hall–Kier alpha value is 1.49. The predicted molar refractivity (Wildman–Crippen MR) is 79.6 cm³/mol. The van der Waals surface area contributed by atoms with E-state index < -0.39 is 0 Å². The molecule has 0 spiro atoms. The standard InChI is InChI=1S/C10H14S5/c1-9(2)6-4-5-10(9,3)8-7(6)11-13-15-14-12-8/h6H,4-5H2,1-3H3/t6-,10+/m1/s1. The van der Waals surface area contributed by atoms with Crippen LogP contribution in [0.2, 0.25) is 0 Å².